The quantitative estimate of drug-likeness (QED) is 0.804. The highest BCUT2D eigenvalue weighted by Gasteiger charge is 2.04. The maximum atomic E-state index is 12.0. The van der Waals surface area contributed by atoms with Gasteiger partial charge in [-0.3, -0.25) is 4.79 Å². The van der Waals surface area contributed by atoms with Crippen molar-refractivity contribution in [2.75, 3.05) is 17.2 Å². The minimum Gasteiger partial charge on any atom is -0.491 e. The summed E-state index contributed by atoms with van der Waals surface area (Å²) in [5.74, 6) is 0.856. The Morgan fingerprint density at radius 1 is 1.09 bits per heavy atom. The lowest BCUT2D eigenvalue weighted by Crippen LogP contribution is -2.16. The first-order valence-corrected chi connectivity index (χ1v) is 7.90. The molecule has 0 spiro atoms. The summed E-state index contributed by atoms with van der Waals surface area (Å²) in [6, 6.07) is 15.5. The minimum atomic E-state index is 0.00608. The second kappa shape index (κ2) is 8.22. The third-order valence-corrected chi connectivity index (χ3v) is 3.33. The van der Waals surface area contributed by atoms with Gasteiger partial charge in [-0.1, -0.05) is 18.2 Å². The average molecular weight is 312 g/mol. The molecule has 0 unspecified atom stereocenters. The summed E-state index contributed by atoms with van der Waals surface area (Å²) < 4.78 is 5.60. The summed E-state index contributed by atoms with van der Waals surface area (Å²) in [6.07, 6.45) is 0.581. The lowest BCUT2D eigenvalue weighted by molar-refractivity contribution is -0.115. The molecule has 2 aromatic rings. The third-order valence-electron chi connectivity index (χ3n) is 3.33. The van der Waals surface area contributed by atoms with E-state index in [0.29, 0.717) is 13.0 Å². The Kier molecular flexibility index (Phi) is 6.03. The molecule has 23 heavy (non-hydrogen) atoms. The lowest BCUT2D eigenvalue weighted by Gasteiger charge is -2.11. The highest BCUT2D eigenvalue weighted by atomic mass is 16.5. The highest BCUT2D eigenvalue weighted by molar-refractivity contribution is 5.91. The van der Waals surface area contributed by atoms with Crippen molar-refractivity contribution in [3.8, 4) is 5.75 Å². The Labute approximate surface area is 137 Å². The van der Waals surface area contributed by atoms with Crippen LogP contribution in [0.3, 0.4) is 0 Å². The summed E-state index contributed by atoms with van der Waals surface area (Å²) in [6.45, 7) is 6.56. The van der Waals surface area contributed by atoms with E-state index in [1.165, 1.54) is 0 Å². The molecule has 0 bridgehead atoms. The van der Waals surface area contributed by atoms with Crippen LogP contribution in [-0.2, 0) is 4.79 Å². The molecule has 0 aliphatic rings. The fourth-order valence-corrected chi connectivity index (χ4v) is 2.17. The van der Waals surface area contributed by atoms with E-state index in [9.17, 15) is 4.79 Å². The Balaban J connectivity index is 1.76. The molecule has 0 heterocycles. The molecule has 0 radical (unpaired) electrons. The van der Waals surface area contributed by atoms with Crippen molar-refractivity contribution in [1.29, 1.82) is 0 Å². The predicted molar refractivity (Wildman–Crippen MR) is 95.1 cm³/mol. The van der Waals surface area contributed by atoms with Gasteiger partial charge in [0.2, 0.25) is 5.91 Å². The number of aryl methyl sites for hydroxylation is 1. The van der Waals surface area contributed by atoms with E-state index >= 15 is 0 Å². The summed E-state index contributed by atoms with van der Waals surface area (Å²) in [5, 5.41) is 6.17. The van der Waals surface area contributed by atoms with Gasteiger partial charge in [0.25, 0.3) is 0 Å². The van der Waals surface area contributed by atoms with Gasteiger partial charge in [-0.25, -0.2) is 0 Å². The Bertz CT molecular complexity index is 636. The molecule has 0 saturated heterocycles. The number of carbonyl (C=O) groups is 1. The summed E-state index contributed by atoms with van der Waals surface area (Å²) >= 11 is 0. The number of anilines is 2. The van der Waals surface area contributed by atoms with Crippen LogP contribution in [0.15, 0.2) is 48.5 Å². The van der Waals surface area contributed by atoms with Crippen LogP contribution in [-0.4, -0.2) is 18.6 Å². The number of para-hydroxylation sites is 1. The molecule has 2 rings (SSSR count). The molecule has 0 aliphatic heterocycles. The van der Waals surface area contributed by atoms with Gasteiger partial charge in [-0.2, -0.15) is 0 Å². The van der Waals surface area contributed by atoms with Gasteiger partial charge in [0.05, 0.1) is 6.10 Å². The van der Waals surface area contributed by atoms with Crippen molar-refractivity contribution in [3.05, 3.63) is 54.1 Å². The first-order chi connectivity index (χ1) is 11.0. The Morgan fingerprint density at radius 2 is 1.78 bits per heavy atom. The van der Waals surface area contributed by atoms with Crippen LogP contribution in [0, 0.1) is 6.92 Å². The fraction of sp³-hybridized carbons (Fsp3) is 0.316. The van der Waals surface area contributed by atoms with E-state index < -0.39 is 0 Å². The third kappa shape index (κ3) is 5.66. The standard InChI is InChI=1S/C19H24N2O2/c1-14(2)23-17-10-8-16(9-11-17)20-13-12-19(22)21-18-7-5-4-6-15(18)3/h4-11,14,20H,12-13H2,1-3H3,(H,21,22). The monoisotopic (exact) mass is 312 g/mol. The number of nitrogens with one attached hydrogen (secondary N) is 2. The summed E-state index contributed by atoms with van der Waals surface area (Å²) in [7, 11) is 0. The summed E-state index contributed by atoms with van der Waals surface area (Å²) in [5.41, 5.74) is 2.91. The van der Waals surface area contributed by atoms with Crippen LogP contribution in [0.4, 0.5) is 11.4 Å². The van der Waals surface area contributed by atoms with E-state index in [-0.39, 0.29) is 12.0 Å². The van der Waals surface area contributed by atoms with Crippen LogP contribution in [0.2, 0.25) is 0 Å². The van der Waals surface area contributed by atoms with Crippen molar-refractivity contribution in [2.45, 2.75) is 33.3 Å². The van der Waals surface area contributed by atoms with Gasteiger partial charge in [0.1, 0.15) is 5.75 Å². The average Bonchev–Trinajstić information content (AvgIpc) is 2.51. The first kappa shape index (κ1) is 16.9. The second-order valence-electron chi connectivity index (χ2n) is 5.73. The molecule has 4 nitrogen and oxygen atoms in total. The van der Waals surface area contributed by atoms with Gasteiger partial charge in [0.15, 0.2) is 0 Å². The zero-order valence-electron chi connectivity index (χ0n) is 13.9. The van der Waals surface area contributed by atoms with Crippen molar-refractivity contribution >= 4 is 17.3 Å². The van der Waals surface area contributed by atoms with E-state index in [0.717, 1.165) is 22.7 Å². The molecule has 0 aromatic heterocycles. The highest BCUT2D eigenvalue weighted by Crippen LogP contribution is 2.17. The topological polar surface area (TPSA) is 50.4 Å². The van der Waals surface area contributed by atoms with Crippen LogP contribution >= 0.6 is 0 Å². The van der Waals surface area contributed by atoms with E-state index in [4.69, 9.17) is 4.74 Å². The molecule has 0 saturated carbocycles. The van der Waals surface area contributed by atoms with Crippen molar-refractivity contribution in [1.82, 2.24) is 0 Å². The normalized spacial score (nSPS) is 10.4. The molecule has 0 atom stereocenters. The van der Waals surface area contributed by atoms with E-state index in [2.05, 4.69) is 10.6 Å². The molecule has 2 aromatic carbocycles. The molecule has 2 N–H and O–H groups in total. The van der Waals surface area contributed by atoms with E-state index in [1.807, 2.05) is 69.3 Å². The van der Waals surface area contributed by atoms with Crippen LogP contribution in [0.1, 0.15) is 25.8 Å². The maximum absolute atomic E-state index is 12.0. The number of hydrogen-bond acceptors (Lipinski definition) is 3. The predicted octanol–water partition coefficient (Wildman–Crippen LogP) is 4.22. The van der Waals surface area contributed by atoms with Crippen molar-refractivity contribution < 1.29 is 9.53 Å². The molecule has 4 heteroatoms. The molecule has 1 amide bonds. The Hall–Kier alpha value is -2.49. The maximum Gasteiger partial charge on any atom is 0.226 e. The fourth-order valence-electron chi connectivity index (χ4n) is 2.17. The van der Waals surface area contributed by atoms with Crippen LogP contribution in [0.5, 0.6) is 5.75 Å². The van der Waals surface area contributed by atoms with Gasteiger partial charge < -0.3 is 15.4 Å². The molecular weight excluding hydrogens is 288 g/mol. The second-order valence-corrected chi connectivity index (χ2v) is 5.73. The molecule has 0 fully saturated rings. The number of carbonyl (C=O) groups excluding carboxylic acids is 1. The number of ether oxygens (including phenoxy) is 1. The van der Waals surface area contributed by atoms with Crippen molar-refractivity contribution in [3.63, 3.8) is 0 Å². The van der Waals surface area contributed by atoms with Gasteiger partial charge in [-0.15, -0.1) is 0 Å². The van der Waals surface area contributed by atoms with E-state index in [1.54, 1.807) is 0 Å². The number of amides is 1. The lowest BCUT2D eigenvalue weighted by atomic mass is 10.2. The largest absolute Gasteiger partial charge is 0.491 e. The number of rotatable bonds is 7. The smallest absolute Gasteiger partial charge is 0.226 e. The molecule has 122 valence electrons. The van der Waals surface area contributed by atoms with Gasteiger partial charge in [0, 0.05) is 24.3 Å². The SMILES string of the molecule is Cc1ccccc1NC(=O)CCNc1ccc(OC(C)C)cc1. The molecule has 0 aliphatic carbocycles. The van der Waals surface area contributed by atoms with Crippen LogP contribution < -0.4 is 15.4 Å². The first-order valence-electron chi connectivity index (χ1n) is 7.90. The van der Waals surface area contributed by atoms with Crippen molar-refractivity contribution in [2.24, 2.45) is 0 Å². The zero-order valence-corrected chi connectivity index (χ0v) is 13.9. The van der Waals surface area contributed by atoms with Crippen LogP contribution in [0.25, 0.3) is 0 Å². The van der Waals surface area contributed by atoms with Gasteiger partial charge >= 0.3 is 0 Å². The minimum absolute atomic E-state index is 0.00608. The molecular formula is C19H24N2O2. The number of hydrogen-bond donors (Lipinski definition) is 2. The van der Waals surface area contributed by atoms with Gasteiger partial charge in [-0.05, 0) is 56.7 Å². The Morgan fingerprint density at radius 3 is 2.43 bits per heavy atom. The number of benzene rings is 2. The summed E-state index contributed by atoms with van der Waals surface area (Å²) in [4.78, 5) is 12.0. The zero-order chi connectivity index (χ0) is 16.7.